The Labute approximate surface area is 177 Å². The van der Waals surface area contributed by atoms with Crippen LogP contribution in [0.15, 0.2) is 42.5 Å². The molecule has 7 nitrogen and oxygen atoms in total. The van der Waals surface area contributed by atoms with Crippen molar-refractivity contribution in [2.75, 3.05) is 56.7 Å². The van der Waals surface area contributed by atoms with E-state index in [9.17, 15) is 9.59 Å². The Morgan fingerprint density at radius 3 is 2.37 bits per heavy atom. The van der Waals surface area contributed by atoms with E-state index in [1.54, 1.807) is 25.3 Å². The number of carbonyl (C=O) groups is 2. The highest BCUT2D eigenvalue weighted by molar-refractivity contribution is 5.95. The van der Waals surface area contributed by atoms with E-state index in [0.29, 0.717) is 17.0 Å². The van der Waals surface area contributed by atoms with Gasteiger partial charge in [-0.15, -0.1) is 0 Å². The summed E-state index contributed by atoms with van der Waals surface area (Å²) in [6.07, 6.45) is 0. The predicted molar refractivity (Wildman–Crippen MR) is 117 cm³/mol. The van der Waals surface area contributed by atoms with Crippen LogP contribution in [-0.2, 0) is 9.53 Å². The van der Waals surface area contributed by atoms with Gasteiger partial charge in [0.15, 0.2) is 6.61 Å². The first-order valence-electron chi connectivity index (χ1n) is 10.2. The Kier molecular flexibility index (Phi) is 7.30. The summed E-state index contributed by atoms with van der Waals surface area (Å²) < 4.78 is 10.3. The molecule has 1 N–H and O–H groups in total. The first-order valence-corrected chi connectivity index (χ1v) is 10.2. The molecule has 1 aliphatic heterocycles. The van der Waals surface area contributed by atoms with E-state index >= 15 is 0 Å². The van der Waals surface area contributed by atoms with Crippen LogP contribution in [0.3, 0.4) is 0 Å². The topological polar surface area (TPSA) is 71.1 Å². The number of nitrogens with one attached hydrogen (secondary N) is 1. The summed E-state index contributed by atoms with van der Waals surface area (Å²) in [6, 6.07) is 12.8. The smallest absolute Gasteiger partial charge is 0.338 e. The van der Waals surface area contributed by atoms with Crippen LogP contribution in [0, 0.1) is 6.92 Å². The zero-order valence-electron chi connectivity index (χ0n) is 17.8. The summed E-state index contributed by atoms with van der Waals surface area (Å²) in [4.78, 5) is 29.1. The molecule has 0 spiro atoms. The first-order chi connectivity index (χ1) is 14.5. The van der Waals surface area contributed by atoms with Crippen LogP contribution >= 0.6 is 0 Å². The van der Waals surface area contributed by atoms with Crippen molar-refractivity contribution in [3.8, 4) is 5.75 Å². The minimum Gasteiger partial charge on any atom is -0.496 e. The molecular formula is C23H29N3O4. The second-order valence-electron chi connectivity index (χ2n) is 7.28. The lowest BCUT2D eigenvalue weighted by Gasteiger charge is -2.35. The summed E-state index contributed by atoms with van der Waals surface area (Å²) >= 11 is 0. The SMILES string of the molecule is CCN1CCN(c2ccc(NC(=O)COC(=O)c3ccc(C)c(OC)c3)cc2)CC1. The minimum atomic E-state index is -0.565. The molecule has 0 radical (unpaired) electrons. The molecule has 0 unspecified atom stereocenters. The monoisotopic (exact) mass is 411 g/mol. The predicted octanol–water partition coefficient (Wildman–Crippen LogP) is 2.94. The number of nitrogens with zero attached hydrogens (tertiary/aromatic N) is 2. The van der Waals surface area contributed by atoms with Crippen molar-refractivity contribution in [2.24, 2.45) is 0 Å². The number of ether oxygens (including phenoxy) is 2. The number of methoxy groups -OCH3 is 1. The van der Waals surface area contributed by atoms with Gasteiger partial charge >= 0.3 is 5.97 Å². The van der Waals surface area contributed by atoms with E-state index in [1.807, 2.05) is 31.2 Å². The molecule has 1 heterocycles. The number of amides is 1. The molecule has 1 amide bonds. The summed E-state index contributed by atoms with van der Waals surface area (Å²) in [5.74, 6) is -0.346. The summed E-state index contributed by atoms with van der Waals surface area (Å²) in [6.45, 7) is 8.93. The van der Waals surface area contributed by atoms with Gasteiger partial charge in [0.05, 0.1) is 12.7 Å². The number of likely N-dealkylation sites (N-methyl/N-ethyl adjacent to an activating group) is 1. The minimum absolute atomic E-state index is 0.345. The number of rotatable bonds is 7. The summed E-state index contributed by atoms with van der Waals surface area (Å²) in [7, 11) is 1.54. The molecule has 1 saturated heterocycles. The van der Waals surface area contributed by atoms with E-state index in [0.717, 1.165) is 44.0 Å². The lowest BCUT2D eigenvalue weighted by atomic mass is 10.1. The van der Waals surface area contributed by atoms with E-state index in [-0.39, 0.29) is 12.5 Å². The van der Waals surface area contributed by atoms with Crippen LogP contribution in [0.2, 0.25) is 0 Å². The molecule has 1 fully saturated rings. The van der Waals surface area contributed by atoms with Gasteiger partial charge in [0.1, 0.15) is 5.75 Å². The van der Waals surface area contributed by atoms with Crippen molar-refractivity contribution >= 4 is 23.3 Å². The van der Waals surface area contributed by atoms with Crippen molar-refractivity contribution < 1.29 is 19.1 Å². The van der Waals surface area contributed by atoms with E-state index in [4.69, 9.17) is 9.47 Å². The van der Waals surface area contributed by atoms with Gasteiger partial charge in [-0.05, 0) is 55.4 Å². The molecule has 0 aromatic heterocycles. The third kappa shape index (κ3) is 5.51. The quantitative estimate of drug-likeness (QED) is 0.707. The maximum Gasteiger partial charge on any atom is 0.338 e. The third-order valence-electron chi connectivity index (χ3n) is 5.31. The average molecular weight is 412 g/mol. The molecule has 0 atom stereocenters. The van der Waals surface area contributed by atoms with Crippen molar-refractivity contribution in [3.63, 3.8) is 0 Å². The van der Waals surface area contributed by atoms with Crippen LogP contribution in [0.25, 0.3) is 0 Å². The Morgan fingerprint density at radius 2 is 1.73 bits per heavy atom. The van der Waals surface area contributed by atoms with Gasteiger partial charge in [0, 0.05) is 37.6 Å². The Hall–Kier alpha value is -3.06. The number of esters is 1. The van der Waals surface area contributed by atoms with Crippen LogP contribution in [0.1, 0.15) is 22.8 Å². The largest absolute Gasteiger partial charge is 0.496 e. The zero-order valence-corrected chi connectivity index (χ0v) is 17.8. The number of hydrogen-bond donors (Lipinski definition) is 1. The highest BCUT2D eigenvalue weighted by atomic mass is 16.5. The second kappa shape index (κ2) is 10.1. The normalized spacial score (nSPS) is 14.3. The lowest BCUT2D eigenvalue weighted by molar-refractivity contribution is -0.119. The molecule has 1 aliphatic rings. The van der Waals surface area contributed by atoms with Crippen molar-refractivity contribution in [3.05, 3.63) is 53.6 Å². The molecule has 2 aromatic rings. The molecule has 0 bridgehead atoms. The van der Waals surface area contributed by atoms with Gasteiger partial charge in [-0.3, -0.25) is 4.79 Å². The van der Waals surface area contributed by atoms with Gasteiger partial charge in [-0.2, -0.15) is 0 Å². The molecule has 3 rings (SSSR count). The van der Waals surface area contributed by atoms with Crippen molar-refractivity contribution in [2.45, 2.75) is 13.8 Å². The second-order valence-corrected chi connectivity index (χ2v) is 7.28. The van der Waals surface area contributed by atoms with Gasteiger partial charge in [-0.1, -0.05) is 13.0 Å². The van der Waals surface area contributed by atoms with Gasteiger partial charge in [0.2, 0.25) is 0 Å². The van der Waals surface area contributed by atoms with Gasteiger partial charge < -0.3 is 24.6 Å². The fourth-order valence-corrected chi connectivity index (χ4v) is 3.44. The van der Waals surface area contributed by atoms with E-state index in [1.165, 1.54) is 0 Å². The highest BCUT2D eigenvalue weighted by Crippen LogP contribution is 2.21. The Morgan fingerprint density at radius 1 is 1.03 bits per heavy atom. The summed E-state index contributed by atoms with van der Waals surface area (Å²) in [5.41, 5.74) is 3.08. The fourth-order valence-electron chi connectivity index (χ4n) is 3.44. The molecule has 2 aromatic carbocycles. The molecule has 30 heavy (non-hydrogen) atoms. The molecular weight excluding hydrogens is 382 g/mol. The third-order valence-corrected chi connectivity index (χ3v) is 5.31. The van der Waals surface area contributed by atoms with Crippen molar-refractivity contribution in [1.82, 2.24) is 4.90 Å². The average Bonchev–Trinajstić information content (AvgIpc) is 2.78. The number of anilines is 2. The summed E-state index contributed by atoms with van der Waals surface area (Å²) in [5, 5.41) is 2.76. The molecule has 7 heteroatoms. The maximum absolute atomic E-state index is 12.2. The Balaban J connectivity index is 1.48. The maximum atomic E-state index is 12.2. The van der Waals surface area contributed by atoms with Gasteiger partial charge in [0.25, 0.3) is 5.91 Å². The number of benzene rings is 2. The van der Waals surface area contributed by atoms with E-state index < -0.39 is 5.97 Å². The van der Waals surface area contributed by atoms with Crippen LogP contribution in [0.5, 0.6) is 5.75 Å². The molecule has 160 valence electrons. The number of piperazine rings is 1. The number of carbonyl (C=O) groups excluding carboxylic acids is 2. The van der Waals surface area contributed by atoms with Crippen LogP contribution in [-0.4, -0.2) is 63.2 Å². The molecule has 0 aliphatic carbocycles. The first kappa shape index (κ1) is 21.6. The number of aryl methyl sites for hydroxylation is 1. The van der Waals surface area contributed by atoms with Crippen LogP contribution in [0.4, 0.5) is 11.4 Å². The van der Waals surface area contributed by atoms with Crippen molar-refractivity contribution in [1.29, 1.82) is 0 Å². The standard InChI is InChI=1S/C23H29N3O4/c1-4-25-11-13-26(14-12-25)20-9-7-19(8-10-20)24-22(27)16-30-23(28)18-6-5-17(2)21(15-18)29-3/h5-10,15H,4,11-14,16H2,1-3H3,(H,24,27). The van der Waals surface area contributed by atoms with Crippen LogP contribution < -0.4 is 15.0 Å². The highest BCUT2D eigenvalue weighted by Gasteiger charge is 2.16. The van der Waals surface area contributed by atoms with E-state index in [2.05, 4.69) is 22.0 Å². The lowest BCUT2D eigenvalue weighted by Crippen LogP contribution is -2.46. The molecule has 0 saturated carbocycles. The fraction of sp³-hybridized carbons (Fsp3) is 0.391. The Bertz CT molecular complexity index is 875. The number of hydrogen-bond acceptors (Lipinski definition) is 6. The van der Waals surface area contributed by atoms with Gasteiger partial charge in [-0.25, -0.2) is 4.79 Å². The zero-order chi connectivity index (χ0) is 21.5.